The van der Waals surface area contributed by atoms with Crippen LogP contribution in [0.25, 0.3) is 20.9 Å². The molecule has 3 aliphatic rings. The number of carboxylic acids is 1. The number of aryl methyl sites for hydroxylation is 1. The molecule has 14 heteroatoms. The van der Waals surface area contributed by atoms with Crippen LogP contribution >= 0.6 is 11.3 Å². The summed E-state index contributed by atoms with van der Waals surface area (Å²) in [6.07, 6.45) is 11.6. The average molecular weight is 679 g/mol. The summed E-state index contributed by atoms with van der Waals surface area (Å²) >= 11 is 1.48. The maximum absolute atomic E-state index is 14.3. The lowest BCUT2D eigenvalue weighted by molar-refractivity contribution is -0.145. The number of carboxylic acid groups (broad SMARTS) is 1. The van der Waals surface area contributed by atoms with E-state index in [2.05, 4.69) is 20.6 Å². The number of thiophene rings is 1. The third-order valence-electron chi connectivity index (χ3n) is 9.02. The number of carbonyl (C=O) groups excluding carboxylic acids is 3. The van der Waals surface area contributed by atoms with Gasteiger partial charge in [-0.15, -0.1) is 11.3 Å². The zero-order valence-electron chi connectivity index (χ0n) is 27.6. The van der Waals surface area contributed by atoms with Crippen LogP contribution in [0, 0.1) is 5.92 Å². The Morgan fingerprint density at radius 2 is 1.98 bits per heavy atom. The van der Waals surface area contributed by atoms with Crippen LogP contribution in [-0.4, -0.2) is 84.3 Å². The van der Waals surface area contributed by atoms with Gasteiger partial charge >= 0.3 is 12.1 Å². The number of amides is 3. The number of carbonyl (C=O) groups is 4. The van der Waals surface area contributed by atoms with Gasteiger partial charge in [-0.3, -0.25) is 14.6 Å². The van der Waals surface area contributed by atoms with E-state index in [1.165, 1.54) is 16.2 Å². The van der Waals surface area contributed by atoms with Crippen LogP contribution in [0.2, 0.25) is 0 Å². The summed E-state index contributed by atoms with van der Waals surface area (Å²) in [5, 5.41) is 15.7. The molecule has 1 saturated heterocycles. The van der Waals surface area contributed by atoms with E-state index in [0.29, 0.717) is 18.6 Å². The predicted molar refractivity (Wildman–Crippen MR) is 178 cm³/mol. The van der Waals surface area contributed by atoms with Crippen LogP contribution in [0.3, 0.4) is 0 Å². The normalized spacial score (nSPS) is 27.2. The maximum Gasteiger partial charge on any atom is 0.408 e. The van der Waals surface area contributed by atoms with Gasteiger partial charge in [-0.1, -0.05) is 25.0 Å². The summed E-state index contributed by atoms with van der Waals surface area (Å²) in [5.74, 6) is -1.09. The first-order valence-corrected chi connectivity index (χ1v) is 17.2. The van der Waals surface area contributed by atoms with E-state index in [0.717, 1.165) is 40.2 Å². The standard InChI is InChI=1S/C34H42N6O7S/c1-33(2,3)47-32(45)37-22-11-9-7-5-6-8-10-20-18-34(20,31(43)44)38-29(41)24-16-21(19-40(24)30(22)42)46-25-12-13-35-23-17-26(48-27(23)25)28-36-14-15-39(28)4/h8,10,12-15,17,20-22,24H,5-7,9,11,16,18-19H2,1-4H3,(H,37,45)(H,38,41)(H,43,44)/b10-8+/t20-,21-,22+,24+,34-/m1/s1. The van der Waals surface area contributed by atoms with Crippen LogP contribution in [-0.2, 0) is 26.2 Å². The summed E-state index contributed by atoms with van der Waals surface area (Å²) in [4.78, 5) is 64.8. The first kappa shape index (κ1) is 33.4. The molecular weight excluding hydrogens is 636 g/mol. The SMILES string of the molecule is Cn1ccnc1-c1cc2nccc(O[C@@H]3C[C@H]4C(=O)N[C@]5(C(=O)O)C[C@H]5/C=C/CCCCC[C@H](NC(=O)OC(C)(C)C)C(=O)N4C3)c2s1. The van der Waals surface area contributed by atoms with Crippen molar-refractivity contribution < 1.29 is 33.8 Å². The molecule has 3 aromatic heterocycles. The summed E-state index contributed by atoms with van der Waals surface area (Å²) in [6.45, 7) is 5.29. The molecule has 13 nitrogen and oxygen atoms in total. The van der Waals surface area contributed by atoms with Gasteiger partial charge in [0.2, 0.25) is 11.8 Å². The van der Waals surface area contributed by atoms with Crippen molar-refractivity contribution in [2.24, 2.45) is 13.0 Å². The largest absolute Gasteiger partial charge is 0.487 e. The number of fused-ring (bicyclic) bond motifs is 3. The van der Waals surface area contributed by atoms with Crippen LogP contribution in [0.1, 0.15) is 65.7 Å². The molecule has 0 radical (unpaired) electrons. The number of rotatable bonds is 5. The Morgan fingerprint density at radius 3 is 2.71 bits per heavy atom. The molecule has 0 spiro atoms. The fourth-order valence-electron chi connectivity index (χ4n) is 6.50. The molecule has 0 bridgehead atoms. The van der Waals surface area contributed by atoms with Gasteiger partial charge in [0.25, 0.3) is 0 Å². The van der Waals surface area contributed by atoms with Crippen molar-refractivity contribution in [3.8, 4) is 16.5 Å². The molecule has 1 saturated carbocycles. The van der Waals surface area contributed by atoms with E-state index in [1.807, 2.05) is 36.0 Å². The smallest absolute Gasteiger partial charge is 0.408 e. The fraction of sp³-hybridized carbons (Fsp3) is 0.529. The van der Waals surface area contributed by atoms with Gasteiger partial charge in [0.15, 0.2) is 0 Å². The van der Waals surface area contributed by atoms with Gasteiger partial charge < -0.3 is 34.7 Å². The Morgan fingerprint density at radius 1 is 1.17 bits per heavy atom. The van der Waals surface area contributed by atoms with Crippen molar-refractivity contribution in [1.82, 2.24) is 30.1 Å². The number of hydrogen-bond donors (Lipinski definition) is 3. The molecule has 3 N–H and O–H groups in total. The lowest BCUT2D eigenvalue weighted by Gasteiger charge is -2.30. The lowest BCUT2D eigenvalue weighted by Crippen LogP contribution is -2.56. The quantitative estimate of drug-likeness (QED) is 0.332. The number of ether oxygens (including phenoxy) is 2. The Labute approximate surface area is 282 Å². The van der Waals surface area contributed by atoms with E-state index < -0.39 is 53.2 Å². The molecule has 3 aromatic rings. The first-order chi connectivity index (χ1) is 22.8. The van der Waals surface area contributed by atoms with Gasteiger partial charge in [0, 0.05) is 38.0 Å². The number of allylic oxidation sites excluding steroid dienone is 1. The third-order valence-corrected chi connectivity index (χ3v) is 10.2. The van der Waals surface area contributed by atoms with Crippen molar-refractivity contribution in [2.75, 3.05) is 6.54 Å². The molecule has 256 valence electrons. The van der Waals surface area contributed by atoms with Crippen LogP contribution in [0.4, 0.5) is 4.79 Å². The number of alkyl carbamates (subject to hydrolysis) is 1. The van der Waals surface area contributed by atoms with Crippen molar-refractivity contribution in [3.63, 3.8) is 0 Å². The summed E-state index contributed by atoms with van der Waals surface area (Å²) < 4.78 is 14.7. The fourth-order valence-corrected chi connectivity index (χ4v) is 7.61. The Bertz CT molecular complexity index is 1740. The zero-order valence-corrected chi connectivity index (χ0v) is 28.4. The molecule has 0 aromatic carbocycles. The molecule has 5 atom stereocenters. The van der Waals surface area contributed by atoms with Crippen molar-refractivity contribution >= 4 is 45.4 Å². The van der Waals surface area contributed by atoms with E-state index in [4.69, 9.17) is 9.47 Å². The van der Waals surface area contributed by atoms with Gasteiger partial charge in [0.05, 0.1) is 21.6 Å². The Hall–Kier alpha value is -4.46. The number of pyridine rings is 1. The number of aromatic nitrogens is 3. The number of nitrogens with one attached hydrogen (secondary N) is 2. The first-order valence-electron chi connectivity index (χ1n) is 16.4. The molecule has 2 fully saturated rings. The number of imidazole rings is 1. The highest BCUT2D eigenvalue weighted by atomic mass is 32.1. The highest BCUT2D eigenvalue weighted by Gasteiger charge is 2.61. The lowest BCUT2D eigenvalue weighted by atomic mass is 10.0. The van der Waals surface area contributed by atoms with Gasteiger partial charge in [-0.25, -0.2) is 14.6 Å². The van der Waals surface area contributed by atoms with Crippen molar-refractivity contribution in [2.45, 2.75) is 95.0 Å². The summed E-state index contributed by atoms with van der Waals surface area (Å²) in [5.41, 5.74) is -1.46. The average Bonchev–Trinajstić information content (AvgIpc) is 3.36. The molecule has 3 amide bonds. The Kier molecular flexibility index (Phi) is 9.20. The molecule has 2 aliphatic heterocycles. The van der Waals surface area contributed by atoms with Crippen LogP contribution < -0.4 is 15.4 Å². The second kappa shape index (κ2) is 13.2. The van der Waals surface area contributed by atoms with Crippen LogP contribution in [0.15, 0.2) is 42.9 Å². The van der Waals surface area contributed by atoms with E-state index in [1.54, 1.807) is 39.2 Å². The number of hydrogen-bond acceptors (Lipinski definition) is 9. The number of aliphatic carboxylic acids is 1. The topological polar surface area (TPSA) is 165 Å². The minimum atomic E-state index is -1.43. The van der Waals surface area contributed by atoms with E-state index in [-0.39, 0.29) is 25.3 Å². The monoisotopic (exact) mass is 678 g/mol. The van der Waals surface area contributed by atoms with Gasteiger partial charge in [-0.2, -0.15) is 0 Å². The van der Waals surface area contributed by atoms with E-state index in [9.17, 15) is 24.3 Å². The summed E-state index contributed by atoms with van der Waals surface area (Å²) in [7, 11) is 1.92. The van der Waals surface area contributed by atoms with Gasteiger partial charge in [0.1, 0.15) is 40.9 Å². The maximum atomic E-state index is 14.3. The molecular formula is C34H42N6O7S. The highest BCUT2D eigenvalue weighted by molar-refractivity contribution is 7.22. The molecule has 5 heterocycles. The second-order valence-electron chi connectivity index (χ2n) is 13.8. The molecule has 0 unspecified atom stereocenters. The van der Waals surface area contributed by atoms with Crippen LogP contribution in [0.5, 0.6) is 5.75 Å². The minimum Gasteiger partial charge on any atom is -0.487 e. The Balaban J connectivity index is 1.29. The minimum absolute atomic E-state index is 0.0637. The van der Waals surface area contributed by atoms with Crippen molar-refractivity contribution in [1.29, 1.82) is 0 Å². The van der Waals surface area contributed by atoms with Crippen molar-refractivity contribution in [3.05, 3.63) is 42.9 Å². The second-order valence-corrected chi connectivity index (χ2v) is 14.9. The molecule has 1 aliphatic carbocycles. The summed E-state index contributed by atoms with van der Waals surface area (Å²) in [6, 6.07) is 1.75. The zero-order chi connectivity index (χ0) is 34.2. The molecule has 48 heavy (non-hydrogen) atoms. The van der Waals surface area contributed by atoms with E-state index >= 15 is 0 Å². The van der Waals surface area contributed by atoms with Gasteiger partial charge in [-0.05, 0) is 58.6 Å². The third kappa shape index (κ3) is 7.03. The molecule has 6 rings (SSSR count). The highest BCUT2D eigenvalue weighted by Crippen LogP contribution is 2.45. The number of nitrogens with zero attached hydrogens (tertiary/aromatic N) is 4. The predicted octanol–water partition coefficient (Wildman–Crippen LogP) is 4.42.